The number of sulfone groups is 1. The minimum atomic E-state index is -3.09. The summed E-state index contributed by atoms with van der Waals surface area (Å²) in [5.74, 6) is -0.0420. The Bertz CT molecular complexity index is 883. The van der Waals surface area contributed by atoms with Crippen molar-refractivity contribution in [2.75, 3.05) is 11.5 Å². The fourth-order valence-corrected chi connectivity index (χ4v) is 5.28. The predicted molar refractivity (Wildman–Crippen MR) is 103 cm³/mol. The summed E-state index contributed by atoms with van der Waals surface area (Å²) in [4.78, 5) is 14.7. The van der Waals surface area contributed by atoms with Crippen molar-refractivity contribution in [3.63, 3.8) is 0 Å². The number of nitrogens with zero attached hydrogens (tertiary/aromatic N) is 1. The monoisotopic (exact) mass is 441 g/mol. The summed E-state index contributed by atoms with van der Waals surface area (Å²) in [6, 6.07) is 14.0. The van der Waals surface area contributed by atoms with Crippen LogP contribution >= 0.6 is 27.5 Å². The van der Waals surface area contributed by atoms with Gasteiger partial charge in [0.25, 0.3) is 5.91 Å². The Hall–Kier alpha value is -1.37. The molecule has 1 fully saturated rings. The summed E-state index contributed by atoms with van der Waals surface area (Å²) in [6.07, 6.45) is 0.468. The summed E-state index contributed by atoms with van der Waals surface area (Å²) >= 11 is 9.33. The Morgan fingerprint density at radius 1 is 1.20 bits per heavy atom. The second-order valence-electron chi connectivity index (χ2n) is 6.13. The van der Waals surface area contributed by atoms with Gasteiger partial charge in [-0.15, -0.1) is 0 Å². The SMILES string of the molecule is O=C(c1ccc(Cl)cc1)N(Cc1cccc(Br)c1)[C@@H]1CCS(=O)(=O)C1. The van der Waals surface area contributed by atoms with Crippen molar-refractivity contribution in [1.82, 2.24) is 4.90 Å². The first-order valence-corrected chi connectivity index (χ1v) is 10.8. The molecule has 1 amide bonds. The third-order valence-corrected chi connectivity index (χ3v) is 6.74. The van der Waals surface area contributed by atoms with E-state index in [2.05, 4.69) is 15.9 Å². The van der Waals surface area contributed by atoms with Crippen molar-refractivity contribution in [2.45, 2.75) is 19.0 Å². The maximum atomic E-state index is 13.0. The largest absolute Gasteiger partial charge is 0.330 e. The zero-order valence-corrected chi connectivity index (χ0v) is 16.5. The molecule has 0 unspecified atom stereocenters. The van der Waals surface area contributed by atoms with E-state index in [1.807, 2.05) is 24.3 Å². The smallest absolute Gasteiger partial charge is 0.254 e. The summed E-state index contributed by atoms with van der Waals surface area (Å²) in [5, 5.41) is 0.554. The Morgan fingerprint density at radius 3 is 2.52 bits per heavy atom. The molecule has 7 heteroatoms. The standard InChI is InChI=1S/C18H17BrClNO3S/c19-15-3-1-2-13(10-15)11-21(17-8-9-25(23,24)12-17)18(22)14-4-6-16(20)7-5-14/h1-7,10,17H,8-9,11-12H2/t17-/m1/s1. The van der Waals surface area contributed by atoms with E-state index < -0.39 is 9.84 Å². The van der Waals surface area contributed by atoms with Crippen LogP contribution in [0.5, 0.6) is 0 Å². The minimum absolute atomic E-state index is 0.0142. The van der Waals surface area contributed by atoms with Crippen LogP contribution < -0.4 is 0 Å². The molecule has 2 aromatic carbocycles. The molecule has 1 heterocycles. The van der Waals surface area contributed by atoms with E-state index in [4.69, 9.17) is 11.6 Å². The van der Waals surface area contributed by atoms with E-state index in [1.165, 1.54) is 0 Å². The summed E-state index contributed by atoms with van der Waals surface area (Å²) in [6.45, 7) is 0.362. The molecule has 0 radical (unpaired) electrons. The van der Waals surface area contributed by atoms with Crippen molar-refractivity contribution in [2.24, 2.45) is 0 Å². The molecule has 25 heavy (non-hydrogen) atoms. The zero-order chi connectivity index (χ0) is 18.0. The molecule has 2 aromatic rings. The minimum Gasteiger partial charge on any atom is -0.330 e. The van der Waals surface area contributed by atoms with Crippen molar-refractivity contribution in [1.29, 1.82) is 0 Å². The highest BCUT2D eigenvalue weighted by Crippen LogP contribution is 2.24. The van der Waals surface area contributed by atoms with E-state index in [0.29, 0.717) is 23.6 Å². The lowest BCUT2D eigenvalue weighted by molar-refractivity contribution is 0.0681. The van der Waals surface area contributed by atoms with Crippen LogP contribution in [0.2, 0.25) is 5.02 Å². The second-order valence-corrected chi connectivity index (χ2v) is 9.71. The number of hydrogen-bond donors (Lipinski definition) is 0. The number of benzene rings is 2. The third-order valence-electron chi connectivity index (χ3n) is 4.24. The average Bonchev–Trinajstić information content (AvgIpc) is 2.92. The summed E-state index contributed by atoms with van der Waals surface area (Å²) < 4.78 is 24.7. The zero-order valence-electron chi connectivity index (χ0n) is 13.4. The van der Waals surface area contributed by atoms with Gasteiger partial charge < -0.3 is 4.90 Å². The van der Waals surface area contributed by atoms with Gasteiger partial charge in [0.15, 0.2) is 9.84 Å². The van der Waals surface area contributed by atoms with Gasteiger partial charge in [-0.1, -0.05) is 39.7 Å². The molecule has 0 N–H and O–H groups in total. The van der Waals surface area contributed by atoms with Crippen LogP contribution in [0.4, 0.5) is 0 Å². The molecule has 1 aliphatic heterocycles. The maximum Gasteiger partial charge on any atom is 0.254 e. The van der Waals surface area contributed by atoms with E-state index in [-0.39, 0.29) is 23.5 Å². The second kappa shape index (κ2) is 7.48. The molecule has 1 atom stereocenters. The molecule has 4 nitrogen and oxygen atoms in total. The van der Waals surface area contributed by atoms with Crippen LogP contribution in [0.3, 0.4) is 0 Å². The van der Waals surface area contributed by atoms with Crippen molar-refractivity contribution < 1.29 is 13.2 Å². The molecular formula is C18H17BrClNO3S. The van der Waals surface area contributed by atoms with Crippen molar-refractivity contribution >= 4 is 43.3 Å². The van der Waals surface area contributed by atoms with Crippen molar-refractivity contribution in [3.05, 3.63) is 69.2 Å². The first-order chi connectivity index (χ1) is 11.8. The fraction of sp³-hybridized carbons (Fsp3) is 0.278. The van der Waals surface area contributed by atoms with Gasteiger partial charge in [0, 0.05) is 27.6 Å². The molecule has 0 saturated carbocycles. The maximum absolute atomic E-state index is 13.0. The number of amides is 1. The first-order valence-electron chi connectivity index (χ1n) is 7.85. The highest BCUT2D eigenvalue weighted by atomic mass is 79.9. The Labute approximate surface area is 160 Å². The predicted octanol–water partition coefficient (Wildman–Crippen LogP) is 3.93. The van der Waals surface area contributed by atoms with E-state index >= 15 is 0 Å². The van der Waals surface area contributed by atoms with Crippen LogP contribution in [0.1, 0.15) is 22.3 Å². The molecule has 0 spiro atoms. The molecule has 0 bridgehead atoms. The van der Waals surface area contributed by atoms with E-state index in [9.17, 15) is 13.2 Å². The van der Waals surface area contributed by atoms with Crippen LogP contribution in [0, 0.1) is 0 Å². The number of carbonyl (C=O) groups excluding carboxylic acids is 1. The van der Waals surface area contributed by atoms with Gasteiger partial charge in [-0.05, 0) is 48.4 Å². The van der Waals surface area contributed by atoms with Crippen LogP contribution in [0.25, 0.3) is 0 Å². The van der Waals surface area contributed by atoms with Gasteiger partial charge in [0.05, 0.1) is 11.5 Å². The number of hydrogen-bond acceptors (Lipinski definition) is 3. The average molecular weight is 443 g/mol. The van der Waals surface area contributed by atoms with Gasteiger partial charge >= 0.3 is 0 Å². The summed E-state index contributed by atoms with van der Waals surface area (Å²) in [5.41, 5.74) is 1.45. The quantitative estimate of drug-likeness (QED) is 0.721. The van der Waals surface area contributed by atoms with Crippen molar-refractivity contribution in [3.8, 4) is 0 Å². The fourth-order valence-electron chi connectivity index (χ4n) is 2.98. The van der Waals surface area contributed by atoms with E-state index in [1.54, 1.807) is 29.2 Å². The summed E-state index contributed by atoms with van der Waals surface area (Å²) in [7, 11) is -3.09. The Balaban J connectivity index is 1.91. The van der Waals surface area contributed by atoms with Crippen LogP contribution in [-0.4, -0.2) is 36.8 Å². The lowest BCUT2D eigenvalue weighted by atomic mass is 10.1. The molecule has 132 valence electrons. The molecule has 1 aliphatic rings. The Kier molecular flexibility index (Phi) is 5.51. The van der Waals surface area contributed by atoms with Crippen LogP contribution in [-0.2, 0) is 16.4 Å². The molecule has 0 aliphatic carbocycles. The lowest BCUT2D eigenvalue weighted by Crippen LogP contribution is -2.40. The van der Waals surface area contributed by atoms with Gasteiger partial charge in [-0.2, -0.15) is 0 Å². The third kappa shape index (κ3) is 4.63. The molecule has 0 aromatic heterocycles. The highest BCUT2D eigenvalue weighted by molar-refractivity contribution is 9.10. The topological polar surface area (TPSA) is 54.5 Å². The van der Waals surface area contributed by atoms with E-state index in [0.717, 1.165) is 10.0 Å². The highest BCUT2D eigenvalue weighted by Gasteiger charge is 2.35. The molecule has 3 rings (SSSR count). The number of carbonyl (C=O) groups is 1. The number of rotatable bonds is 4. The van der Waals surface area contributed by atoms with Gasteiger partial charge in [-0.3, -0.25) is 4.79 Å². The van der Waals surface area contributed by atoms with Gasteiger partial charge in [0.1, 0.15) is 0 Å². The van der Waals surface area contributed by atoms with Crippen LogP contribution in [0.15, 0.2) is 53.0 Å². The first kappa shape index (κ1) is 18.4. The number of halogens is 2. The molecule has 1 saturated heterocycles. The lowest BCUT2D eigenvalue weighted by Gasteiger charge is -2.28. The Morgan fingerprint density at radius 2 is 1.92 bits per heavy atom. The molecular weight excluding hydrogens is 426 g/mol. The van der Waals surface area contributed by atoms with Gasteiger partial charge in [-0.25, -0.2) is 8.42 Å². The normalized spacial score (nSPS) is 18.9. The van der Waals surface area contributed by atoms with Gasteiger partial charge in [0.2, 0.25) is 0 Å².